The molecule has 2 atom stereocenters. The van der Waals surface area contributed by atoms with E-state index in [2.05, 4.69) is 0 Å². The molecule has 2 heterocycles. The van der Waals surface area contributed by atoms with Crippen LogP contribution in [-0.2, 0) is 19.2 Å². The number of benzene rings is 2. The Balaban J connectivity index is 1.58. The van der Waals surface area contributed by atoms with Gasteiger partial charge in [-0.05, 0) is 60.4 Å². The maximum atomic E-state index is 13.9. The van der Waals surface area contributed by atoms with Gasteiger partial charge in [-0.2, -0.15) is 0 Å². The Labute approximate surface area is 164 Å². The molecule has 0 saturated carbocycles. The van der Waals surface area contributed by atoms with Crippen molar-refractivity contribution in [3.05, 3.63) is 58.9 Å². The predicted octanol–water partition coefficient (Wildman–Crippen LogP) is 4.15. The fourth-order valence-electron chi connectivity index (χ4n) is 3.28. The van der Waals surface area contributed by atoms with Crippen LogP contribution >= 0.6 is 23.4 Å². The fraction of sp³-hybridized carbons (Fsp3) is 0.263. The molecule has 27 heavy (non-hydrogen) atoms. The molecule has 0 N–H and O–H groups in total. The molecule has 8 heteroatoms. The summed E-state index contributed by atoms with van der Waals surface area (Å²) in [5, 5.41) is 2.03. The van der Waals surface area contributed by atoms with Crippen molar-refractivity contribution in [2.45, 2.75) is 34.8 Å². The molecule has 2 aromatic carbocycles. The highest BCUT2D eigenvalue weighted by Crippen LogP contribution is 2.40. The molecule has 0 aliphatic carbocycles. The minimum absolute atomic E-state index is 0.0265. The van der Waals surface area contributed by atoms with E-state index in [9.17, 15) is 14.0 Å². The summed E-state index contributed by atoms with van der Waals surface area (Å²) in [4.78, 5) is 29.7. The van der Waals surface area contributed by atoms with Crippen LogP contribution in [0.3, 0.4) is 0 Å². The number of hydrogen-bond acceptors (Lipinski definition) is 6. The van der Waals surface area contributed by atoms with Gasteiger partial charge in [0.15, 0.2) is 6.23 Å². The molecule has 0 aromatic heterocycles. The SMILES string of the molecule is O=C1OC2CC(c3cc(F)ccc3Sc3ccc(Cl)cc3)CCN2OC1=O. The first-order chi connectivity index (χ1) is 13.0. The van der Waals surface area contributed by atoms with E-state index in [-0.39, 0.29) is 11.7 Å². The van der Waals surface area contributed by atoms with Crippen LogP contribution in [0.1, 0.15) is 24.3 Å². The molecule has 2 aliphatic rings. The molecule has 0 radical (unpaired) electrons. The van der Waals surface area contributed by atoms with Gasteiger partial charge in [0.1, 0.15) is 5.82 Å². The van der Waals surface area contributed by atoms with Crippen molar-refractivity contribution in [2.75, 3.05) is 6.54 Å². The lowest BCUT2D eigenvalue weighted by Gasteiger charge is -2.39. The van der Waals surface area contributed by atoms with E-state index in [1.54, 1.807) is 18.2 Å². The van der Waals surface area contributed by atoms with E-state index in [0.717, 1.165) is 15.4 Å². The van der Waals surface area contributed by atoms with Crippen molar-refractivity contribution in [2.24, 2.45) is 0 Å². The van der Waals surface area contributed by atoms with Gasteiger partial charge in [0, 0.05) is 27.8 Å². The van der Waals surface area contributed by atoms with Crippen molar-refractivity contribution >= 4 is 35.3 Å². The molecule has 2 fully saturated rings. The zero-order valence-electron chi connectivity index (χ0n) is 14.1. The smallest absolute Gasteiger partial charge is 0.435 e. The normalized spacial score (nSPS) is 22.7. The molecule has 0 amide bonds. The molecular formula is C19H15ClFNO4S. The first kappa shape index (κ1) is 18.3. The molecule has 2 unspecified atom stereocenters. The number of ether oxygens (including phenoxy) is 1. The Kier molecular flexibility index (Phi) is 5.08. The zero-order chi connectivity index (χ0) is 19.0. The number of carbonyl (C=O) groups is 2. The van der Waals surface area contributed by atoms with Gasteiger partial charge in [0.2, 0.25) is 0 Å². The number of halogens is 2. The third-order valence-electron chi connectivity index (χ3n) is 4.57. The number of hydroxylamine groups is 2. The van der Waals surface area contributed by atoms with Gasteiger partial charge >= 0.3 is 11.9 Å². The minimum atomic E-state index is -1.01. The highest BCUT2D eigenvalue weighted by atomic mass is 35.5. The van der Waals surface area contributed by atoms with Crippen LogP contribution in [0.4, 0.5) is 4.39 Å². The second-order valence-corrected chi connectivity index (χ2v) is 7.89. The van der Waals surface area contributed by atoms with Crippen molar-refractivity contribution in [3.8, 4) is 0 Å². The number of hydrogen-bond donors (Lipinski definition) is 0. The molecule has 2 aliphatic heterocycles. The van der Waals surface area contributed by atoms with Gasteiger partial charge in [0.25, 0.3) is 0 Å². The molecule has 4 rings (SSSR count). The van der Waals surface area contributed by atoms with E-state index >= 15 is 0 Å². The lowest BCUT2D eigenvalue weighted by atomic mass is 9.89. The first-order valence-corrected chi connectivity index (χ1v) is 9.61. The highest BCUT2D eigenvalue weighted by Gasteiger charge is 2.41. The Hall–Kier alpha value is -2.09. The fourth-order valence-corrected chi connectivity index (χ4v) is 4.41. The molecular weight excluding hydrogens is 393 g/mol. The minimum Gasteiger partial charge on any atom is -0.435 e. The summed E-state index contributed by atoms with van der Waals surface area (Å²) < 4.78 is 19.1. The van der Waals surface area contributed by atoms with Crippen LogP contribution in [0.15, 0.2) is 52.3 Å². The van der Waals surface area contributed by atoms with Crippen molar-refractivity contribution < 1.29 is 23.6 Å². The topological polar surface area (TPSA) is 55.8 Å². The van der Waals surface area contributed by atoms with Crippen molar-refractivity contribution in [1.82, 2.24) is 5.06 Å². The lowest BCUT2D eigenvalue weighted by Crippen LogP contribution is -2.51. The Morgan fingerprint density at radius 1 is 1.11 bits per heavy atom. The number of fused-ring (bicyclic) bond motifs is 1. The number of piperidine rings is 1. The summed E-state index contributed by atoms with van der Waals surface area (Å²) in [6.45, 7) is 0.413. The van der Waals surface area contributed by atoms with E-state index in [1.807, 2.05) is 12.1 Å². The van der Waals surface area contributed by atoms with E-state index < -0.39 is 18.2 Å². The maximum Gasteiger partial charge on any atom is 0.436 e. The third kappa shape index (κ3) is 3.95. The average Bonchev–Trinajstić information content (AvgIpc) is 2.65. The van der Waals surface area contributed by atoms with Gasteiger partial charge in [-0.3, -0.25) is 0 Å². The second kappa shape index (κ2) is 7.50. The summed E-state index contributed by atoms with van der Waals surface area (Å²) in [6.07, 6.45) is 0.431. The number of carbonyl (C=O) groups excluding carboxylic acids is 2. The third-order valence-corrected chi connectivity index (χ3v) is 5.92. The van der Waals surface area contributed by atoms with Crippen LogP contribution in [0.25, 0.3) is 0 Å². The Morgan fingerprint density at radius 3 is 2.67 bits per heavy atom. The van der Waals surface area contributed by atoms with Gasteiger partial charge < -0.3 is 9.57 Å². The van der Waals surface area contributed by atoms with Crippen LogP contribution < -0.4 is 0 Å². The van der Waals surface area contributed by atoms with E-state index in [1.165, 1.54) is 29.0 Å². The Bertz CT molecular complexity index is 892. The predicted molar refractivity (Wildman–Crippen MR) is 96.6 cm³/mol. The Morgan fingerprint density at radius 2 is 1.89 bits per heavy atom. The van der Waals surface area contributed by atoms with Gasteiger partial charge in [0.05, 0.1) is 0 Å². The van der Waals surface area contributed by atoms with Crippen LogP contribution in [0, 0.1) is 5.82 Å². The number of nitrogens with zero attached hydrogens (tertiary/aromatic N) is 1. The number of esters is 1. The monoisotopic (exact) mass is 407 g/mol. The van der Waals surface area contributed by atoms with Crippen LogP contribution in [0.5, 0.6) is 0 Å². The van der Waals surface area contributed by atoms with Crippen LogP contribution in [0.2, 0.25) is 5.02 Å². The summed E-state index contributed by atoms with van der Waals surface area (Å²) in [6, 6.07) is 12.1. The van der Waals surface area contributed by atoms with Crippen LogP contribution in [-0.4, -0.2) is 29.8 Å². The summed E-state index contributed by atoms with van der Waals surface area (Å²) in [5.74, 6) is -2.34. The van der Waals surface area contributed by atoms with E-state index in [4.69, 9.17) is 21.2 Å². The largest absolute Gasteiger partial charge is 0.436 e. The maximum absolute atomic E-state index is 13.9. The molecule has 2 saturated heterocycles. The van der Waals surface area contributed by atoms with E-state index in [0.29, 0.717) is 24.4 Å². The number of rotatable bonds is 3. The molecule has 0 bridgehead atoms. The highest BCUT2D eigenvalue weighted by molar-refractivity contribution is 7.99. The van der Waals surface area contributed by atoms with Gasteiger partial charge in [-0.25, -0.2) is 14.0 Å². The lowest BCUT2D eigenvalue weighted by molar-refractivity contribution is -0.275. The standard InChI is InChI=1S/C19H15ClFNO4S/c20-12-1-4-14(5-2-12)27-16-6-3-13(21)10-15(16)11-7-8-22-17(9-11)25-18(23)19(24)26-22/h1-6,10-11,17H,7-9H2. The molecule has 0 spiro atoms. The molecule has 2 aromatic rings. The second-order valence-electron chi connectivity index (χ2n) is 6.34. The summed E-state index contributed by atoms with van der Waals surface area (Å²) in [7, 11) is 0. The molecule has 5 nitrogen and oxygen atoms in total. The zero-order valence-corrected chi connectivity index (χ0v) is 15.6. The molecule has 140 valence electrons. The summed E-state index contributed by atoms with van der Waals surface area (Å²) >= 11 is 7.46. The summed E-state index contributed by atoms with van der Waals surface area (Å²) in [5.41, 5.74) is 0.850. The first-order valence-electron chi connectivity index (χ1n) is 8.42. The van der Waals surface area contributed by atoms with Crippen molar-refractivity contribution in [1.29, 1.82) is 0 Å². The van der Waals surface area contributed by atoms with Crippen molar-refractivity contribution in [3.63, 3.8) is 0 Å². The van der Waals surface area contributed by atoms with Gasteiger partial charge in [-0.1, -0.05) is 28.4 Å². The quantitative estimate of drug-likeness (QED) is 0.562. The average molecular weight is 408 g/mol. The van der Waals surface area contributed by atoms with Gasteiger partial charge in [-0.15, -0.1) is 0 Å².